The van der Waals surface area contributed by atoms with Gasteiger partial charge in [-0.25, -0.2) is 0 Å². The van der Waals surface area contributed by atoms with Gasteiger partial charge in [0.1, 0.15) is 0 Å². The summed E-state index contributed by atoms with van der Waals surface area (Å²) in [5.41, 5.74) is 1.03. The fourth-order valence-corrected chi connectivity index (χ4v) is 5.23. The molecule has 0 saturated carbocycles. The highest BCUT2D eigenvalue weighted by Crippen LogP contribution is 2.44. The average molecular weight is 285 g/mol. The zero-order valence-corrected chi connectivity index (χ0v) is 13.4. The summed E-state index contributed by atoms with van der Waals surface area (Å²) in [5.74, 6) is 3.22. The van der Waals surface area contributed by atoms with E-state index in [9.17, 15) is 4.79 Å². The van der Waals surface area contributed by atoms with E-state index in [1.165, 1.54) is 27.9 Å². The predicted molar refractivity (Wildman–Crippen MR) is 81.5 cm³/mol. The van der Waals surface area contributed by atoms with Crippen LogP contribution in [0.1, 0.15) is 40.5 Å². The standard InChI is InChI=1S/C14H23NOS2/c1-10-6-7-15(13(16)14(2,3)4)11(10)12-17-8-5-9-18-12/h10H,5-9H2,1-4H3. The Morgan fingerprint density at radius 3 is 2.44 bits per heavy atom. The number of amides is 1. The molecule has 0 aromatic heterocycles. The maximum atomic E-state index is 12.5. The van der Waals surface area contributed by atoms with Crippen LogP contribution in [0, 0.1) is 11.3 Å². The van der Waals surface area contributed by atoms with Gasteiger partial charge in [0.25, 0.3) is 0 Å². The van der Waals surface area contributed by atoms with Gasteiger partial charge in [0.05, 0.1) is 4.24 Å². The van der Waals surface area contributed by atoms with Gasteiger partial charge < -0.3 is 4.90 Å². The van der Waals surface area contributed by atoms with E-state index in [0.717, 1.165) is 13.0 Å². The Hall–Kier alpha value is -0.0900. The molecule has 2 fully saturated rings. The summed E-state index contributed by atoms with van der Waals surface area (Å²) in [6.07, 6.45) is 2.40. The Balaban J connectivity index is 2.28. The van der Waals surface area contributed by atoms with Gasteiger partial charge in [0.15, 0.2) is 0 Å². The predicted octanol–water partition coefficient (Wildman–Crippen LogP) is 3.94. The van der Waals surface area contributed by atoms with Crippen molar-refractivity contribution in [3.63, 3.8) is 0 Å². The molecule has 0 aliphatic carbocycles. The summed E-state index contributed by atoms with van der Waals surface area (Å²) < 4.78 is 1.41. The minimum absolute atomic E-state index is 0.278. The lowest BCUT2D eigenvalue weighted by molar-refractivity contribution is -0.136. The van der Waals surface area contributed by atoms with Crippen molar-refractivity contribution in [3.05, 3.63) is 9.93 Å². The highest BCUT2D eigenvalue weighted by atomic mass is 32.2. The van der Waals surface area contributed by atoms with Gasteiger partial charge in [-0.15, -0.1) is 23.5 Å². The quantitative estimate of drug-likeness (QED) is 0.672. The van der Waals surface area contributed by atoms with E-state index in [1.807, 2.05) is 44.3 Å². The van der Waals surface area contributed by atoms with Gasteiger partial charge in [0.2, 0.25) is 5.91 Å². The number of allylic oxidation sites excluding steroid dienone is 1. The van der Waals surface area contributed by atoms with Crippen LogP contribution in [-0.4, -0.2) is 28.9 Å². The maximum absolute atomic E-state index is 12.5. The lowest BCUT2D eigenvalue weighted by Gasteiger charge is -2.29. The molecule has 1 amide bonds. The van der Waals surface area contributed by atoms with Crippen molar-refractivity contribution >= 4 is 29.4 Å². The van der Waals surface area contributed by atoms with Gasteiger partial charge in [-0.3, -0.25) is 4.79 Å². The molecule has 0 spiro atoms. The Bertz CT molecular complexity index is 362. The van der Waals surface area contributed by atoms with E-state index < -0.39 is 0 Å². The van der Waals surface area contributed by atoms with Crippen molar-refractivity contribution < 1.29 is 4.79 Å². The molecule has 4 heteroatoms. The van der Waals surface area contributed by atoms with Gasteiger partial charge >= 0.3 is 0 Å². The minimum atomic E-state index is -0.278. The van der Waals surface area contributed by atoms with Gasteiger partial charge in [0, 0.05) is 17.7 Å². The summed E-state index contributed by atoms with van der Waals surface area (Å²) in [4.78, 5) is 14.6. The molecule has 0 aromatic rings. The molecule has 0 aromatic carbocycles. The number of nitrogens with zero attached hydrogens (tertiary/aromatic N) is 1. The molecule has 1 atom stereocenters. The van der Waals surface area contributed by atoms with Crippen LogP contribution >= 0.6 is 23.5 Å². The molecular weight excluding hydrogens is 262 g/mol. The number of likely N-dealkylation sites (tertiary alicyclic amines) is 1. The zero-order chi connectivity index (χ0) is 13.3. The Morgan fingerprint density at radius 2 is 1.89 bits per heavy atom. The molecule has 2 heterocycles. The first-order chi connectivity index (χ1) is 8.41. The minimum Gasteiger partial charge on any atom is -0.314 e. The summed E-state index contributed by atoms with van der Waals surface area (Å²) in [6.45, 7) is 9.20. The Kier molecular flexibility index (Phi) is 4.37. The summed E-state index contributed by atoms with van der Waals surface area (Å²) >= 11 is 3.89. The number of hydrogen-bond donors (Lipinski definition) is 0. The molecule has 2 nitrogen and oxygen atoms in total. The monoisotopic (exact) mass is 285 g/mol. The number of carbonyl (C=O) groups excluding carboxylic acids is 1. The molecule has 2 rings (SSSR count). The number of thioether (sulfide) groups is 2. The molecular formula is C14H23NOS2. The molecule has 2 aliphatic heterocycles. The van der Waals surface area contributed by atoms with E-state index in [4.69, 9.17) is 0 Å². The highest BCUT2D eigenvalue weighted by Gasteiger charge is 2.37. The molecule has 102 valence electrons. The topological polar surface area (TPSA) is 20.3 Å². The molecule has 2 saturated heterocycles. The Morgan fingerprint density at radius 1 is 1.28 bits per heavy atom. The normalized spacial score (nSPS) is 25.8. The second-order valence-electron chi connectivity index (χ2n) is 6.12. The first kappa shape index (κ1) is 14.3. The summed E-state index contributed by atoms with van der Waals surface area (Å²) in [6, 6.07) is 0. The van der Waals surface area contributed by atoms with Gasteiger partial charge in [-0.05, 0) is 30.3 Å². The fourth-order valence-electron chi connectivity index (χ4n) is 2.35. The number of hydrogen-bond acceptors (Lipinski definition) is 3. The lowest BCUT2D eigenvalue weighted by atomic mass is 9.94. The van der Waals surface area contributed by atoms with Crippen LogP contribution in [0.5, 0.6) is 0 Å². The molecule has 0 N–H and O–H groups in total. The molecule has 0 bridgehead atoms. The second kappa shape index (κ2) is 5.49. The molecule has 1 unspecified atom stereocenters. The number of rotatable bonds is 0. The van der Waals surface area contributed by atoms with E-state index >= 15 is 0 Å². The van der Waals surface area contributed by atoms with E-state index in [-0.39, 0.29) is 11.3 Å². The van der Waals surface area contributed by atoms with E-state index in [0.29, 0.717) is 5.92 Å². The zero-order valence-electron chi connectivity index (χ0n) is 11.8. The van der Waals surface area contributed by atoms with Crippen molar-refractivity contribution in [1.82, 2.24) is 4.90 Å². The van der Waals surface area contributed by atoms with Crippen molar-refractivity contribution in [3.8, 4) is 0 Å². The van der Waals surface area contributed by atoms with Crippen LogP contribution in [0.3, 0.4) is 0 Å². The molecule has 18 heavy (non-hydrogen) atoms. The second-order valence-corrected chi connectivity index (χ2v) is 8.59. The first-order valence-corrected chi connectivity index (χ1v) is 8.70. The van der Waals surface area contributed by atoms with Crippen LogP contribution in [-0.2, 0) is 4.79 Å². The van der Waals surface area contributed by atoms with E-state index in [1.54, 1.807) is 0 Å². The maximum Gasteiger partial charge on any atom is 0.232 e. The molecule has 0 radical (unpaired) electrons. The van der Waals surface area contributed by atoms with Crippen molar-refractivity contribution in [2.24, 2.45) is 11.3 Å². The smallest absolute Gasteiger partial charge is 0.232 e. The summed E-state index contributed by atoms with van der Waals surface area (Å²) in [7, 11) is 0. The van der Waals surface area contributed by atoms with Crippen LogP contribution in [0.25, 0.3) is 0 Å². The van der Waals surface area contributed by atoms with Gasteiger partial charge in [-0.2, -0.15) is 0 Å². The van der Waals surface area contributed by atoms with Gasteiger partial charge in [-0.1, -0.05) is 27.7 Å². The SMILES string of the molecule is CC1CCN(C(=O)C(C)(C)C)C1=C1SCCCS1. The van der Waals surface area contributed by atoms with Crippen LogP contribution in [0.15, 0.2) is 9.93 Å². The van der Waals surface area contributed by atoms with Crippen molar-refractivity contribution in [1.29, 1.82) is 0 Å². The lowest BCUT2D eigenvalue weighted by Crippen LogP contribution is -2.37. The largest absolute Gasteiger partial charge is 0.314 e. The summed E-state index contributed by atoms with van der Waals surface area (Å²) in [5, 5.41) is 0. The molecule has 2 aliphatic rings. The van der Waals surface area contributed by atoms with Crippen molar-refractivity contribution in [2.75, 3.05) is 18.1 Å². The third kappa shape index (κ3) is 2.90. The fraction of sp³-hybridized carbons (Fsp3) is 0.786. The van der Waals surface area contributed by atoms with Crippen LogP contribution < -0.4 is 0 Å². The highest BCUT2D eigenvalue weighted by molar-refractivity contribution is 8.22. The number of carbonyl (C=O) groups is 1. The third-order valence-corrected chi connectivity index (χ3v) is 6.03. The average Bonchev–Trinajstić information content (AvgIpc) is 2.70. The van der Waals surface area contributed by atoms with E-state index in [2.05, 4.69) is 11.8 Å². The first-order valence-electron chi connectivity index (χ1n) is 6.73. The van der Waals surface area contributed by atoms with Crippen LogP contribution in [0.2, 0.25) is 0 Å². The van der Waals surface area contributed by atoms with Crippen molar-refractivity contribution in [2.45, 2.75) is 40.5 Å². The third-order valence-electron chi connectivity index (χ3n) is 3.39. The van der Waals surface area contributed by atoms with Crippen LogP contribution in [0.4, 0.5) is 0 Å². The Labute approximate surface area is 119 Å².